The highest BCUT2D eigenvalue weighted by Gasteiger charge is 2.18. The summed E-state index contributed by atoms with van der Waals surface area (Å²) in [5.41, 5.74) is 2.32. The standard InChI is InChI=1S/C23H27N3O6/c1-27-16-9-14(10-17(28-2)21(16)31-5)13-26-23-20(24-7-8-25-23)15-11-18(29-3)22(32-6)19(12-15)30-4/h7-12H,13H2,1-6H3,(H,25,26). The number of anilines is 1. The van der Waals surface area contributed by atoms with Crippen LogP contribution in [0.2, 0.25) is 0 Å². The molecule has 0 aliphatic heterocycles. The number of methoxy groups -OCH3 is 6. The van der Waals surface area contributed by atoms with Gasteiger partial charge in [-0.1, -0.05) is 0 Å². The van der Waals surface area contributed by atoms with Gasteiger partial charge in [0.1, 0.15) is 5.69 Å². The predicted molar refractivity (Wildman–Crippen MR) is 121 cm³/mol. The first-order chi connectivity index (χ1) is 15.6. The average Bonchev–Trinajstić information content (AvgIpc) is 2.85. The molecular formula is C23H27N3O6. The Hall–Kier alpha value is -3.88. The molecule has 170 valence electrons. The molecule has 0 saturated carbocycles. The van der Waals surface area contributed by atoms with E-state index < -0.39 is 0 Å². The Morgan fingerprint density at radius 2 is 1.09 bits per heavy atom. The lowest BCUT2D eigenvalue weighted by Crippen LogP contribution is -2.06. The highest BCUT2D eigenvalue weighted by Crippen LogP contribution is 2.42. The maximum absolute atomic E-state index is 5.47. The summed E-state index contributed by atoms with van der Waals surface area (Å²) in [6, 6.07) is 7.42. The molecule has 0 unspecified atom stereocenters. The van der Waals surface area contributed by atoms with E-state index in [4.69, 9.17) is 28.4 Å². The van der Waals surface area contributed by atoms with Crippen LogP contribution in [0.15, 0.2) is 36.7 Å². The van der Waals surface area contributed by atoms with Crippen LogP contribution in [0.5, 0.6) is 34.5 Å². The van der Waals surface area contributed by atoms with Crippen molar-refractivity contribution in [2.75, 3.05) is 48.0 Å². The van der Waals surface area contributed by atoms with Crippen molar-refractivity contribution in [1.82, 2.24) is 9.97 Å². The van der Waals surface area contributed by atoms with Gasteiger partial charge in [-0.2, -0.15) is 0 Å². The first kappa shape index (κ1) is 22.8. The van der Waals surface area contributed by atoms with Gasteiger partial charge in [-0.3, -0.25) is 4.98 Å². The van der Waals surface area contributed by atoms with E-state index in [1.165, 1.54) is 0 Å². The molecule has 0 fully saturated rings. The number of nitrogens with zero attached hydrogens (tertiary/aromatic N) is 2. The summed E-state index contributed by atoms with van der Waals surface area (Å²) >= 11 is 0. The normalized spacial score (nSPS) is 10.3. The molecule has 3 aromatic rings. The largest absolute Gasteiger partial charge is 0.493 e. The molecule has 0 radical (unpaired) electrons. The van der Waals surface area contributed by atoms with Crippen molar-refractivity contribution >= 4 is 5.82 Å². The van der Waals surface area contributed by atoms with Crippen LogP contribution in [-0.2, 0) is 6.54 Å². The van der Waals surface area contributed by atoms with Gasteiger partial charge in [-0.25, -0.2) is 4.98 Å². The van der Waals surface area contributed by atoms with Gasteiger partial charge in [0.2, 0.25) is 11.5 Å². The molecule has 1 aromatic heterocycles. The molecule has 0 aliphatic rings. The third-order valence-electron chi connectivity index (χ3n) is 4.82. The van der Waals surface area contributed by atoms with Gasteiger partial charge in [0.25, 0.3) is 0 Å². The van der Waals surface area contributed by atoms with Gasteiger partial charge in [0.05, 0.1) is 42.7 Å². The lowest BCUT2D eigenvalue weighted by atomic mass is 10.1. The zero-order valence-electron chi connectivity index (χ0n) is 19.0. The van der Waals surface area contributed by atoms with Crippen molar-refractivity contribution in [3.8, 4) is 45.8 Å². The van der Waals surface area contributed by atoms with Crippen LogP contribution >= 0.6 is 0 Å². The summed E-state index contributed by atoms with van der Waals surface area (Å²) in [5.74, 6) is 3.85. The number of benzene rings is 2. The van der Waals surface area contributed by atoms with Gasteiger partial charge >= 0.3 is 0 Å². The van der Waals surface area contributed by atoms with Crippen LogP contribution in [0.25, 0.3) is 11.3 Å². The molecule has 2 aromatic carbocycles. The van der Waals surface area contributed by atoms with E-state index in [1.54, 1.807) is 55.1 Å². The Kier molecular flexibility index (Phi) is 7.43. The smallest absolute Gasteiger partial charge is 0.203 e. The fourth-order valence-electron chi connectivity index (χ4n) is 3.32. The SMILES string of the molecule is COc1cc(CNc2nccnc2-c2cc(OC)c(OC)c(OC)c2)cc(OC)c1OC. The molecule has 0 amide bonds. The van der Waals surface area contributed by atoms with Crippen molar-refractivity contribution in [2.24, 2.45) is 0 Å². The zero-order valence-corrected chi connectivity index (χ0v) is 19.0. The number of aromatic nitrogens is 2. The highest BCUT2D eigenvalue weighted by atomic mass is 16.5. The van der Waals surface area contributed by atoms with E-state index in [0.29, 0.717) is 52.6 Å². The summed E-state index contributed by atoms with van der Waals surface area (Å²) in [6.07, 6.45) is 3.25. The van der Waals surface area contributed by atoms with E-state index in [0.717, 1.165) is 11.1 Å². The van der Waals surface area contributed by atoms with Gasteiger partial charge in [-0.15, -0.1) is 0 Å². The maximum atomic E-state index is 5.47. The van der Waals surface area contributed by atoms with Gasteiger partial charge in [0.15, 0.2) is 28.8 Å². The molecule has 0 spiro atoms. The molecule has 0 aliphatic carbocycles. The van der Waals surface area contributed by atoms with Crippen molar-refractivity contribution in [1.29, 1.82) is 0 Å². The molecule has 1 N–H and O–H groups in total. The second kappa shape index (κ2) is 10.4. The van der Waals surface area contributed by atoms with Crippen molar-refractivity contribution in [3.63, 3.8) is 0 Å². The minimum atomic E-state index is 0.451. The first-order valence-electron chi connectivity index (χ1n) is 9.74. The summed E-state index contributed by atoms with van der Waals surface area (Å²) in [4.78, 5) is 8.98. The number of hydrogen-bond donors (Lipinski definition) is 1. The number of ether oxygens (including phenoxy) is 6. The second-order valence-electron chi connectivity index (χ2n) is 6.55. The predicted octanol–water partition coefficient (Wildman–Crippen LogP) is 3.81. The van der Waals surface area contributed by atoms with Crippen LogP contribution in [0.3, 0.4) is 0 Å². The minimum Gasteiger partial charge on any atom is -0.493 e. The minimum absolute atomic E-state index is 0.451. The number of hydrogen-bond acceptors (Lipinski definition) is 9. The van der Waals surface area contributed by atoms with Crippen LogP contribution < -0.4 is 33.7 Å². The van der Waals surface area contributed by atoms with Crippen LogP contribution in [0.4, 0.5) is 5.82 Å². The van der Waals surface area contributed by atoms with Crippen molar-refractivity contribution in [3.05, 3.63) is 42.2 Å². The average molecular weight is 441 g/mol. The van der Waals surface area contributed by atoms with E-state index >= 15 is 0 Å². The van der Waals surface area contributed by atoms with Gasteiger partial charge in [-0.05, 0) is 29.8 Å². The van der Waals surface area contributed by atoms with Crippen LogP contribution in [0, 0.1) is 0 Å². The van der Waals surface area contributed by atoms with E-state index in [-0.39, 0.29) is 0 Å². The molecule has 0 saturated heterocycles. The number of nitrogens with one attached hydrogen (secondary N) is 1. The lowest BCUT2D eigenvalue weighted by molar-refractivity contribution is 0.324. The maximum Gasteiger partial charge on any atom is 0.203 e. The second-order valence-corrected chi connectivity index (χ2v) is 6.55. The van der Waals surface area contributed by atoms with Crippen molar-refractivity contribution < 1.29 is 28.4 Å². The fraction of sp³-hybridized carbons (Fsp3) is 0.304. The summed E-state index contributed by atoms with van der Waals surface area (Å²) in [5, 5.41) is 3.33. The first-order valence-corrected chi connectivity index (χ1v) is 9.74. The Labute approximate surface area is 187 Å². The summed E-state index contributed by atoms with van der Waals surface area (Å²) < 4.78 is 32.6. The molecule has 3 rings (SSSR count). The third kappa shape index (κ3) is 4.56. The fourth-order valence-corrected chi connectivity index (χ4v) is 3.32. The van der Waals surface area contributed by atoms with Crippen LogP contribution in [-0.4, -0.2) is 52.6 Å². The molecular weight excluding hydrogens is 414 g/mol. The lowest BCUT2D eigenvalue weighted by Gasteiger charge is -2.16. The molecule has 1 heterocycles. The molecule has 0 atom stereocenters. The summed E-state index contributed by atoms with van der Waals surface area (Å²) in [7, 11) is 9.44. The Bertz CT molecular complexity index is 1020. The quantitative estimate of drug-likeness (QED) is 0.504. The monoisotopic (exact) mass is 441 g/mol. The Morgan fingerprint density at radius 1 is 0.625 bits per heavy atom. The highest BCUT2D eigenvalue weighted by molar-refractivity contribution is 5.75. The van der Waals surface area contributed by atoms with E-state index in [9.17, 15) is 0 Å². The molecule has 32 heavy (non-hydrogen) atoms. The Balaban J connectivity index is 1.95. The zero-order chi connectivity index (χ0) is 23.1. The molecule has 9 heteroatoms. The van der Waals surface area contributed by atoms with Crippen LogP contribution in [0.1, 0.15) is 5.56 Å². The number of rotatable bonds is 10. The topological polar surface area (TPSA) is 93.2 Å². The van der Waals surface area contributed by atoms with E-state index in [1.807, 2.05) is 24.3 Å². The Morgan fingerprint density at radius 3 is 1.56 bits per heavy atom. The summed E-state index contributed by atoms with van der Waals surface area (Å²) in [6.45, 7) is 0.451. The van der Waals surface area contributed by atoms with Gasteiger partial charge < -0.3 is 33.7 Å². The van der Waals surface area contributed by atoms with Crippen molar-refractivity contribution in [2.45, 2.75) is 6.54 Å². The molecule has 9 nitrogen and oxygen atoms in total. The van der Waals surface area contributed by atoms with Gasteiger partial charge in [0, 0.05) is 24.5 Å². The molecule has 0 bridgehead atoms. The van der Waals surface area contributed by atoms with E-state index in [2.05, 4.69) is 15.3 Å². The third-order valence-corrected chi connectivity index (χ3v) is 4.82.